The van der Waals surface area contributed by atoms with Crippen LogP contribution in [0.25, 0.3) is 0 Å². The molecule has 1 aromatic rings. The average molecular weight is 262 g/mol. The number of unbranched alkanes of at least 4 members (excludes halogenated alkanes) is 3. The first-order valence-electron chi connectivity index (χ1n) is 7.12. The van der Waals surface area contributed by atoms with Crippen molar-refractivity contribution < 1.29 is 4.79 Å². The van der Waals surface area contributed by atoms with Crippen molar-refractivity contribution in [1.29, 1.82) is 0 Å². The number of anilines is 1. The number of amides is 1. The molecule has 1 unspecified atom stereocenters. The van der Waals surface area contributed by atoms with Crippen LogP contribution in [0.1, 0.15) is 51.5 Å². The molecule has 1 atom stereocenters. The first-order chi connectivity index (χ1) is 8.98. The number of carbonyl (C=O) groups is 1. The van der Waals surface area contributed by atoms with Gasteiger partial charge in [0.1, 0.15) is 5.54 Å². The van der Waals surface area contributed by atoms with Gasteiger partial charge in [-0.3, -0.25) is 4.79 Å². The Hall–Kier alpha value is -1.51. The van der Waals surface area contributed by atoms with E-state index in [2.05, 4.69) is 12.2 Å². The lowest BCUT2D eigenvalue weighted by Gasteiger charge is -2.29. The Kier molecular flexibility index (Phi) is 5.87. The number of rotatable bonds is 8. The summed E-state index contributed by atoms with van der Waals surface area (Å²) in [6.45, 7) is 6.11. The van der Waals surface area contributed by atoms with Crippen molar-refractivity contribution in [3.63, 3.8) is 0 Å². The number of hydrogen-bond donors (Lipinski definition) is 2. The zero-order valence-electron chi connectivity index (χ0n) is 12.3. The molecule has 3 nitrogen and oxygen atoms in total. The van der Waals surface area contributed by atoms with Gasteiger partial charge in [0.15, 0.2) is 0 Å². The molecule has 1 rings (SSSR count). The second-order valence-corrected chi connectivity index (χ2v) is 5.50. The summed E-state index contributed by atoms with van der Waals surface area (Å²) in [5, 5.41) is 3.30. The summed E-state index contributed by atoms with van der Waals surface area (Å²) >= 11 is 0. The van der Waals surface area contributed by atoms with Gasteiger partial charge in [-0.15, -0.1) is 0 Å². The van der Waals surface area contributed by atoms with Crippen LogP contribution in [0.15, 0.2) is 24.3 Å². The third-order valence-corrected chi connectivity index (χ3v) is 3.51. The lowest BCUT2D eigenvalue weighted by Crippen LogP contribution is -2.47. The van der Waals surface area contributed by atoms with E-state index in [9.17, 15) is 4.79 Å². The summed E-state index contributed by atoms with van der Waals surface area (Å²) in [7, 11) is 0. The minimum absolute atomic E-state index is 0.287. The second kappa shape index (κ2) is 7.17. The number of nitrogens with two attached hydrogens (primary N) is 1. The van der Waals surface area contributed by atoms with Crippen molar-refractivity contribution in [3.05, 3.63) is 29.8 Å². The van der Waals surface area contributed by atoms with Gasteiger partial charge in [0.05, 0.1) is 0 Å². The van der Waals surface area contributed by atoms with Crippen molar-refractivity contribution in [3.8, 4) is 0 Å². The van der Waals surface area contributed by atoms with Gasteiger partial charge >= 0.3 is 0 Å². The molecule has 0 spiro atoms. The smallest absolute Gasteiger partial charge is 0.242 e. The molecule has 106 valence electrons. The molecule has 0 aliphatic rings. The third kappa shape index (κ3) is 4.93. The summed E-state index contributed by atoms with van der Waals surface area (Å²) < 4.78 is 0. The fourth-order valence-electron chi connectivity index (χ4n) is 2.19. The Bertz CT molecular complexity index is 417. The monoisotopic (exact) mass is 262 g/mol. The fraction of sp³-hybridized carbons (Fsp3) is 0.562. The molecular formula is C16H26N2O. The number of carbonyl (C=O) groups excluding carboxylic acids is 1. The highest BCUT2D eigenvalue weighted by atomic mass is 16.1. The van der Waals surface area contributed by atoms with Crippen LogP contribution in [0.2, 0.25) is 0 Å². The zero-order valence-corrected chi connectivity index (χ0v) is 12.3. The largest absolute Gasteiger partial charge is 0.371 e. The Morgan fingerprint density at radius 1 is 1.32 bits per heavy atom. The SMILES string of the molecule is CCCCCCC(C)(Nc1cccc(C)c1)C(N)=O. The molecule has 0 heterocycles. The normalized spacial score (nSPS) is 13.8. The molecule has 0 bridgehead atoms. The predicted molar refractivity (Wildman–Crippen MR) is 81.2 cm³/mol. The summed E-state index contributed by atoms with van der Waals surface area (Å²) in [5.41, 5.74) is 7.03. The van der Waals surface area contributed by atoms with Crippen LogP contribution in [0.4, 0.5) is 5.69 Å². The van der Waals surface area contributed by atoms with Gasteiger partial charge in [-0.25, -0.2) is 0 Å². The Morgan fingerprint density at radius 3 is 2.63 bits per heavy atom. The van der Waals surface area contributed by atoms with Crippen LogP contribution >= 0.6 is 0 Å². The van der Waals surface area contributed by atoms with Crippen LogP contribution in [-0.4, -0.2) is 11.4 Å². The first-order valence-corrected chi connectivity index (χ1v) is 7.12. The zero-order chi connectivity index (χ0) is 14.3. The van der Waals surface area contributed by atoms with Crippen LogP contribution in [-0.2, 0) is 4.79 Å². The molecule has 0 radical (unpaired) electrons. The number of nitrogens with one attached hydrogen (secondary N) is 1. The summed E-state index contributed by atoms with van der Waals surface area (Å²) in [5.74, 6) is -0.287. The van der Waals surface area contributed by atoms with Crippen molar-refractivity contribution in [2.75, 3.05) is 5.32 Å². The highest BCUT2D eigenvalue weighted by molar-refractivity contribution is 5.87. The Labute approximate surface area is 116 Å². The molecular weight excluding hydrogens is 236 g/mol. The minimum Gasteiger partial charge on any atom is -0.371 e. The van der Waals surface area contributed by atoms with E-state index in [1.165, 1.54) is 18.4 Å². The van der Waals surface area contributed by atoms with Gasteiger partial charge in [-0.2, -0.15) is 0 Å². The minimum atomic E-state index is -0.665. The molecule has 0 aromatic heterocycles. The maximum Gasteiger partial charge on any atom is 0.242 e. The topological polar surface area (TPSA) is 55.1 Å². The molecule has 1 amide bonds. The van der Waals surface area contributed by atoms with Gasteiger partial charge in [-0.05, 0) is 38.0 Å². The van der Waals surface area contributed by atoms with Crippen molar-refractivity contribution >= 4 is 11.6 Å². The van der Waals surface area contributed by atoms with Gasteiger partial charge in [0, 0.05) is 5.69 Å². The van der Waals surface area contributed by atoms with Crippen LogP contribution in [0, 0.1) is 6.92 Å². The molecule has 19 heavy (non-hydrogen) atoms. The molecule has 0 saturated heterocycles. The van der Waals surface area contributed by atoms with Gasteiger partial charge < -0.3 is 11.1 Å². The summed E-state index contributed by atoms with van der Waals surface area (Å²) in [6, 6.07) is 8.03. The van der Waals surface area contributed by atoms with Crippen LogP contribution < -0.4 is 11.1 Å². The molecule has 3 heteroatoms. The van der Waals surface area contributed by atoms with E-state index in [0.717, 1.165) is 24.9 Å². The lowest BCUT2D eigenvalue weighted by molar-refractivity contribution is -0.122. The van der Waals surface area contributed by atoms with E-state index in [4.69, 9.17) is 5.73 Å². The lowest BCUT2D eigenvalue weighted by atomic mass is 9.92. The number of hydrogen-bond acceptors (Lipinski definition) is 2. The van der Waals surface area contributed by atoms with E-state index >= 15 is 0 Å². The second-order valence-electron chi connectivity index (χ2n) is 5.50. The fourth-order valence-corrected chi connectivity index (χ4v) is 2.19. The number of benzene rings is 1. The van der Waals surface area contributed by atoms with Crippen molar-refractivity contribution in [2.45, 2.75) is 58.4 Å². The maximum atomic E-state index is 11.7. The Morgan fingerprint density at radius 2 is 2.05 bits per heavy atom. The highest BCUT2D eigenvalue weighted by Gasteiger charge is 2.30. The molecule has 0 aliphatic carbocycles. The molecule has 0 aliphatic heterocycles. The van der Waals surface area contributed by atoms with E-state index in [-0.39, 0.29) is 5.91 Å². The van der Waals surface area contributed by atoms with E-state index in [1.54, 1.807) is 0 Å². The van der Waals surface area contributed by atoms with Gasteiger partial charge in [-0.1, -0.05) is 44.7 Å². The quantitative estimate of drug-likeness (QED) is 0.703. The standard InChI is InChI=1S/C16H26N2O/c1-4-5-6-7-11-16(3,15(17)19)18-14-10-8-9-13(2)12-14/h8-10,12,18H,4-7,11H2,1-3H3,(H2,17,19). The van der Waals surface area contributed by atoms with Crippen molar-refractivity contribution in [2.24, 2.45) is 5.73 Å². The maximum absolute atomic E-state index is 11.7. The average Bonchev–Trinajstić information content (AvgIpc) is 2.34. The number of aryl methyl sites for hydroxylation is 1. The molecule has 1 aromatic carbocycles. The third-order valence-electron chi connectivity index (χ3n) is 3.51. The Balaban J connectivity index is 2.68. The molecule has 0 fully saturated rings. The molecule has 3 N–H and O–H groups in total. The predicted octanol–water partition coefficient (Wildman–Crippen LogP) is 3.62. The van der Waals surface area contributed by atoms with E-state index in [0.29, 0.717) is 0 Å². The van der Waals surface area contributed by atoms with Gasteiger partial charge in [0.25, 0.3) is 0 Å². The molecule has 0 saturated carbocycles. The van der Waals surface area contributed by atoms with Crippen molar-refractivity contribution in [1.82, 2.24) is 0 Å². The summed E-state index contributed by atoms with van der Waals surface area (Å²) in [4.78, 5) is 11.7. The summed E-state index contributed by atoms with van der Waals surface area (Å²) in [6.07, 6.45) is 5.34. The van der Waals surface area contributed by atoms with Crippen LogP contribution in [0.5, 0.6) is 0 Å². The first kappa shape index (κ1) is 15.5. The van der Waals surface area contributed by atoms with Crippen LogP contribution in [0.3, 0.4) is 0 Å². The highest BCUT2D eigenvalue weighted by Crippen LogP contribution is 2.22. The number of primary amides is 1. The van der Waals surface area contributed by atoms with E-state index in [1.807, 2.05) is 38.1 Å². The van der Waals surface area contributed by atoms with E-state index < -0.39 is 5.54 Å². The van der Waals surface area contributed by atoms with Gasteiger partial charge in [0.2, 0.25) is 5.91 Å².